The average molecular weight is 301 g/mol. The van der Waals surface area contributed by atoms with Crippen LogP contribution in [0, 0.1) is 5.82 Å². The van der Waals surface area contributed by atoms with Gasteiger partial charge in [0.2, 0.25) is 0 Å². The van der Waals surface area contributed by atoms with E-state index in [1.54, 1.807) is 6.07 Å². The van der Waals surface area contributed by atoms with E-state index in [0.717, 1.165) is 6.07 Å². The molecule has 0 saturated heterocycles. The molecule has 0 amide bonds. The van der Waals surface area contributed by atoms with E-state index in [-0.39, 0.29) is 22.1 Å². The summed E-state index contributed by atoms with van der Waals surface area (Å²) in [5, 5.41) is 9.38. The van der Waals surface area contributed by atoms with E-state index in [9.17, 15) is 9.18 Å². The number of ether oxygens (including phenoxy) is 1. The molecular weight excluding hydrogens is 294 g/mol. The molecule has 6 heteroatoms. The predicted octanol–water partition coefficient (Wildman–Crippen LogP) is 4.62. The smallest absolute Gasteiger partial charge is 0.335 e. The van der Waals surface area contributed by atoms with Crippen molar-refractivity contribution in [3.05, 3.63) is 57.8 Å². The number of carboxylic acids is 1. The summed E-state index contributed by atoms with van der Waals surface area (Å²) in [7, 11) is 0. The monoisotopic (exact) mass is 300 g/mol. The number of rotatable bonds is 3. The van der Waals surface area contributed by atoms with Gasteiger partial charge in [0.05, 0.1) is 10.6 Å². The van der Waals surface area contributed by atoms with E-state index in [1.165, 1.54) is 24.3 Å². The molecule has 0 spiro atoms. The minimum absolute atomic E-state index is 0.116. The summed E-state index contributed by atoms with van der Waals surface area (Å²) in [6, 6.07) is 7.85. The summed E-state index contributed by atoms with van der Waals surface area (Å²) in [4.78, 5) is 10.7. The van der Waals surface area contributed by atoms with Crippen molar-refractivity contribution >= 4 is 29.2 Å². The van der Waals surface area contributed by atoms with Crippen LogP contribution in [0.25, 0.3) is 0 Å². The number of halogens is 3. The lowest BCUT2D eigenvalue weighted by Gasteiger charge is -2.09. The van der Waals surface area contributed by atoms with Crippen LogP contribution in [0.2, 0.25) is 10.0 Å². The zero-order valence-electron chi connectivity index (χ0n) is 9.36. The summed E-state index contributed by atoms with van der Waals surface area (Å²) >= 11 is 11.6. The second-order valence-electron chi connectivity index (χ2n) is 3.63. The minimum Gasteiger partial charge on any atom is -0.478 e. The number of carboxylic acid groups (broad SMARTS) is 1. The highest BCUT2D eigenvalue weighted by atomic mass is 35.5. The van der Waals surface area contributed by atoms with E-state index >= 15 is 0 Å². The Kier molecular flexibility index (Phi) is 3.93. The fourth-order valence-electron chi connectivity index (χ4n) is 1.39. The topological polar surface area (TPSA) is 46.5 Å². The summed E-state index contributed by atoms with van der Waals surface area (Å²) in [6.45, 7) is 0. The van der Waals surface area contributed by atoms with Crippen molar-refractivity contribution in [1.29, 1.82) is 0 Å². The molecule has 2 aromatic rings. The Hall–Kier alpha value is -1.78. The molecule has 3 nitrogen and oxygen atoms in total. The Bertz CT molecular complexity index is 644. The first-order chi connectivity index (χ1) is 8.97. The first-order valence-corrected chi connectivity index (χ1v) is 5.88. The molecular formula is C13H7Cl2FO3. The van der Waals surface area contributed by atoms with Gasteiger partial charge in [0, 0.05) is 5.02 Å². The van der Waals surface area contributed by atoms with Gasteiger partial charge in [-0.25, -0.2) is 9.18 Å². The standard InChI is InChI=1S/C13H7Cl2FO3/c14-8-2-4-11(9(15)6-8)19-12-3-1-7(13(17)18)5-10(12)16/h1-6H,(H,17,18). The molecule has 1 N–H and O–H groups in total. The Morgan fingerprint density at radius 3 is 2.37 bits per heavy atom. The molecule has 0 unspecified atom stereocenters. The molecule has 0 aliphatic rings. The van der Waals surface area contributed by atoms with Crippen LogP contribution < -0.4 is 4.74 Å². The lowest BCUT2D eigenvalue weighted by Crippen LogP contribution is -1.98. The molecule has 0 radical (unpaired) electrons. The third-order valence-electron chi connectivity index (χ3n) is 2.29. The molecule has 19 heavy (non-hydrogen) atoms. The largest absolute Gasteiger partial charge is 0.478 e. The maximum Gasteiger partial charge on any atom is 0.335 e. The summed E-state index contributed by atoms with van der Waals surface area (Å²) in [6.07, 6.45) is 0. The van der Waals surface area contributed by atoms with Gasteiger partial charge in [0.1, 0.15) is 5.75 Å². The molecule has 98 valence electrons. The van der Waals surface area contributed by atoms with Gasteiger partial charge in [-0.3, -0.25) is 0 Å². The average Bonchev–Trinajstić information content (AvgIpc) is 2.34. The van der Waals surface area contributed by atoms with Gasteiger partial charge in [-0.05, 0) is 36.4 Å². The van der Waals surface area contributed by atoms with Gasteiger partial charge < -0.3 is 9.84 Å². The number of hydrogen-bond donors (Lipinski definition) is 1. The highest BCUT2D eigenvalue weighted by molar-refractivity contribution is 6.35. The molecule has 2 aromatic carbocycles. The number of carbonyl (C=O) groups is 1. The van der Waals surface area contributed by atoms with E-state index < -0.39 is 11.8 Å². The van der Waals surface area contributed by atoms with Crippen LogP contribution in [0.5, 0.6) is 11.5 Å². The van der Waals surface area contributed by atoms with E-state index in [2.05, 4.69) is 0 Å². The SMILES string of the molecule is O=C(O)c1ccc(Oc2ccc(Cl)cc2Cl)c(F)c1. The van der Waals surface area contributed by atoms with Gasteiger partial charge >= 0.3 is 5.97 Å². The summed E-state index contributed by atoms with van der Waals surface area (Å²) in [5.41, 5.74) is -0.160. The lowest BCUT2D eigenvalue weighted by atomic mass is 10.2. The molecule has 0 aliphatic carbocycles. The maximum atomic E-state index is 13.6. The van der Waals surface area contributed by atoms with Crippen molar-refractivity contribution in [3.8, 4) is 11.5 Å². The van der Waals surface area contributed by atoms with Crippen LogP contribution in [0.1, 0.15) is 10.4 Å². The molecule has 0 saturated carbocycles. The van der Waals surface area contributed by atoms with Gasteiger partial charge in [-0.1, -0.05) is 23.2 Å². The first-order valence-electron chi connectivity index (χ1n) is 5.13. The van der Waals surface area contributed by atoms with E-state index in [1.807, 2.05) is 0 Å². The lowest BCUT2D eigenvalue weighted by molar-refractivity contribution is 0.0696. The fraction of sp³-hybridized carbons (Fsp3) is 0. The molecule has 2 rings (SSSR count). The second-order valence-corrected chi connectivity index (χ2v) is 4.47. The van der Waals surface area contributed by atoms with Gasteiger partial charge in [0.25, 0.3) is 0 Å². The van der Waals surface area contributed by atoms with Crippen molar-refractivity contribution in [1.82, 2.24) is 0 Å². The number of benzene rings is 2. The Morgan fingerprint density at radius 2 is 1.79 bits per heavy atom. The van der Waals surface area contributed by atoms with Crippen molar-refractivity contribution in [2.24, 2.45) is 0 Å². The number of hydrogen-bond acceptors (Lipinski definition) is 2. The quantitative estimate of drug-likeness (QED) is 0.899. The first kappa shape index (κ1) is 13.6. The molecule has 0 fully saturated rings. The van der Waals surface area contributed by atoms with Gasteiger partial charge in [0.15, 0.2) is 11.6 Å². The minimum atomic E-state index is -1.21. The normalized spacial score (nSPS) is 10.3. The van der Waals surface area contributed by atoms with Crippen molar-refractivity contribution in [3.63, 3.8) is 0 Å². The second kappa shape index (κ2) is 5.47. The van der Waals surface area contributed by atoms with Crippen molar-refractivity contribution in [2.45, 2.75) is 0 Å². The van der Waals surface area contributed by atoms with E-state index in [0.29, 0.717) is 5.02 Å². The van der Waals surface area contributed by atoms with Crippen molar-refractivity contribution < 1.29 is 19.0 Å². The Morgan fingerprint density at radius 1 is 1.11 bits per heavy atom. The molecule has 0 bridgehead atoms. The zero-order valence-corrected chi connectivity index (χ0v) is 10.9. The maximum absolute atomic E-state index is 13.6. The molecule has 0 aromatic heterocycles. The highest BCUT2D eigenvalue weighted by Gasteiger charge is 2.11. The van der Waals surface area contributed by atoms with Crippen LogP contribution in [0.4, 0.5) is 4.39 Å². The third-order valence-corrected chi connectivity index (χ3v) is 2.82. The summed E-state index contributed by atoms with van der Waals surface area (Å²) in [5.74, 6) is -1.89. The Balaban J connectivity index is 2.31. The number of aromatic carboxylic acids is 1. The molecule has 0 atom stereocenters. The zero-order chi connectivity index (χ0) is 14.0. The van der Waals surface area contributed by atoms with Crippen LogP contribution in [0.15, 0.2) is 36.4 Å². The van der Waals surface area contributed by atoms with Crippen LogP contribution >= 0.6 is 23.2 Å². The van der Waals surface area contributed by atoms with Gasteiger partial charge in [-0.2, -0.15) is 0 Å². The third kappa shape index (κ3) is 3.16. The van der Waals surface area contributed by atoms with Crippen molar-refractivity contribution in [2.75, 3.05) is 0 Å². The van der Waals surface area contributed by atoms with Gasteiger partial charge in [-0.15, -0.1) is 0 Å². The predicted molar refractivity (Wildman–Crippen MR) is 69.9 cm³/mol. The van der Waals surface area contributed by atoms with Crippen LogP contribution in [0.3, 0.4) is 0 Å². The van der Waals surface area contributed by atoms with E-state index in [4.69, 9.17) is 33.0 Å². The Labute approximate surface area is 118 Å². The summed E-state index contributed by atoms with van der Waals surface area (Å²) < 4.78 is 18.9. The molecule has 0 aliphatic heterocycles. The highest BCUT2D eigenvalue weighted by Crippen LogP contribution is 2.32. The molecule has 0 heterocycles. The fourth-order valence-corrected chi connectivity index (χ4v) is 1.84. The van der Waals surface area contributed by atoms with Crippen LogP contribution in [-0.4, -0.2) is 11.1 Å². The van der Waals surface area contributed by atoms with Crippen LogP contribution in [-0.2, 0) is 0 Å².